The van der Waals surface area contributed by atoms with E-state index in [1.54, 1.807) is 41.5 Å². The molecule has 1 aliphatic rings. The normalized spacial score (nSPS) is 16.6. The first-order valence-corrected chi connectivity index (χ1v) is 26.8. The molecule has 0 bridgehead atoms. The monoisotopic (exact) mass is 1130 g/mol. The zero-order valence-electron chi connectivity index (χ0n) is 46.6. The van der Waals surface area contributed by atoms with Crippen molar-refractivity contribution < 1.29 is 77.6 Å². The molecule has 0 aliphatic carbocycles. The summed E-state index contributed by atoms with van der Waals surface area (Å²) in [6, 6.07) is -13.0. The van der Waals surface area contributed by atoms with Crippen LogP contribution in [0.25, 0.3) is 0 Å². The third kappa shape index (κ3) is 25.6. The number of nitrogens with one attached hydrogen (secondary N) is 9. The predicted molar refractivity (Wildman–Crippen MR) is 284 cm³/mol. The van der Waals surface area contributed by atoms with E-state index in [2.05, 4.69) is 47.9 Å². The Bertz CT molecular complexity index is 2130. The van der Waals surface area contributed by atoms with Gasteiger partial charge in [0.2, 0.25) is 59.1 Å². The van der Waals surface area contributed by atoms with E-state index in [4.69, 9.17) is 22.3 Å². The van der Waals surface area contributed by atoms with Gasteiger partial charge in [0.05, 0.1) is 19.0 Å². The number of hydrogen-bond acceptors (Lipinski definition) is 16. The molecule has 1 rings (SSSR count). The van der Waals surface area contributed by atoms with Crippen molar-refractivity contribution in [1.29, 1.82) is 0 Å². The van der Waals surface area contributed by atoms with Gasteiger partial charge < -0.3 is 85.3 Å². The van der Waals surface area contributed by atoms with Crippen molar-refractivity contribution in [1.82, 2.24) is 52.8 Å². The van der Waals surface area contributed by atoms with E-state index < -0.39 is 162 Å². The fraction of sp³-hybridized carbons (Fsp3) is 0.740. The molecule has 0 aromatic heterocycles. The van der Waals surface area contributed by atoms with E-state index in [0.29, 0.717) is 38.6 Å². The fourth-order valence-corrected chi connectivity index (χ4v) is 8.23. The fourth-order valence-electron chi connectivity index (χ4n) is 8.23. The Morgan fingerprint density at radius 3 is 1.51 bits per heavy atom. The number of hydrogen-bond donors (Lipinski definition) is 15. The number of unbranched alkanes of at least 4 members (excludes halogenated alkanes) is 2. The minimum atomic E-state index is -1.78. The van der Waals surface area contributed by atoms with Crippen LogP contribution < -0.4 is 65.1 Å². The van der Waals surface area contributed by atoms with Crippen LogP contribution in [0.1, 0.15) is 132 Å². The highest BCUT2D eigenvalue weighted by molar-refractivity contribution is 5.99. The van der Waals surface area contributed by atoms with Gasteiger partial charge in [0.1, 0.15) is 54.4 Å². The highest BCUT2D eigenvalue weighted by Crippen LogP contribution is 2.20. The third-order valence-corrected chi connectivity index (χ3v) is 12.8. The zero-order chi connectivity index (χ0) is 60.3. The number of carboxylic acids is 3. The smallest absolute Gasteiger partial charge is 0.326 e. The summed E-state index contributed by atoms with van der Waals surface area (Å²) in [5.41, 5.74) is 17.2. The van der Waals surface area contributed by atoms with E-state index in [-0.39, 0.29) is 57.5 Å². The average Bonchev–Trinajstić information content (AvgIpc) is 3.87. The van der Waals surface area contributed by atoms with Crippen molar-refractivity contribution in [3.63, 3.8) is 0 Å². The van der Waals surface area contributed by atoms with Gasteiger partial charge >= 0.3 is 17.9 Å². The number of rotatable bonds is 37. The molecule has 79 heavy (non-hydrogen) atoms. The molecule has 448 valence electrons. The molecule has 0 spiro atoms. The molecule has 0 aromatic rings. The highest BCUT2D eigenvalue weighted by Gasteiger charge is 2.39. The SMILES string of the molecule is CC(C)C[C@H](NC(=O)[C@H](C)NC(=O)[C@H](CC(=O)O)NC(=O)[C@@H](NC(=O)[C@@H]1CCCN1C(=O)[C@H](N)CCC(=O)O)C(C)C)C(=O)NCC(=O)N[C@@H](CCCCN)C(=O)N[C@@H](C)C(=O)N[C@@H](CCCCN)C(=O)N[C@H](C(=O)O)C(C)C. The van der Waals surface area contributed by atoms with Gasteiger partial charge in [-0.2, -0.15) is 0 Å². The van der Waals surface area contributed by atoms with Crippen molar-refractivity contribution in [3.8, 4) is 0 Å². The van der Waals surface area contributed by atoms with Gasteiger partial charge in [-0.25, -0.2) is 4.79 Å². The lowest BCUT2D eigenvalue weighted by atomic mass is 10.0. The van der Waals surface area contributed by atoms with E-state index in [9.17, 15) is 72.5 Å². The zero-order valence-corrected chi connectivity index (χ0v) is 46.6. The van der Waals surface area contributed by atoms with E-state index in [1.807, 2.05) is 0 Å². The number of likely N-dealkylation sites (tertiary alicyclic amines) is 1. The standard InChI is InChI=1S/C50H87N13O16/c1-25(2)22-33(43(71)54-24-36(64)57-31(14-9-11-19-51)44(72)55-28(7)41(69)58-32(15-10-12-20-52)45(73)62-40(27(5)6)50(78)79)59-42(70)29(8)56-46(74)34(23-38(67)68)60-48(76)39(26(3)4)61-47(75)35-16-13-21-63(35)49(77)30(53)17-18-37(65)66/h25-35,39-40H,9-24,51-53H2,1-8H3,(H,54,71)(H,55,72)(H,56,74)(H,57,64)(H,58,69)(H,59,70)(H,60,76)(H,61,75)(H,62,73)(H,65,66)(H,67,68)(H,78,79)/t28-,29-,30+,31-,32-,33-,34-,35-,39-,40-/m0/s1. The van der Waals surface area contributed by atoms with Crippen molar-refractivity contribution in [3.05, 3.63) is 0 Å². The molecular formula is C50H87N13O16. The topological polar surface area (TPSA) is 472 Å². The van der Waals surface area contributed by atoms with Crippen LogP contribution in [-0.4, -0.2) is 184 Å². The molecular weight excluding hydrogens is 1040 g/mol. The maximum atomic E-state index is 13.6. The van der Waals surface area contributed by atoms with Gasteiger partial charge in [0.15, 0.2) is 0 Å². The maximum Gasteiger partial charge on any atom is 0.326 e. The van der Waals surface area contributed by atoms with E-state index in [1.165, 1.54) is 18.7 Å². The van der Waals surface area contributed by atoms with Crippen LogP contribution in [0.2, 0.25) is 0 Å². The Morgan fingerprint density at radius 2 is 1.03 bits per heavy atom. The molecule has 29 nitrogen and oxygen atoms in total. The molecule has 1 aliphatic heterocycles. The summed E-state index contributed by atoms with van der Waals surface area (Å²) in [5, 5.41) is 50.4. The number of carbonyl (C=O) groups excluding carboxylic acids is 10. The Labute approximate surface area is 460 Å². The predicted octanol–water partition coefficient (Wildman–Crippen LogP) is -3.62. The minimum Gasteiger partial charge on any atom is -0.481 e. The van der Waals surface area contributed by atoms with Gasteiger partial charge in [-0.1, -0.05) is 41.5 Å². The molecule has 10 atom stereocenters. The molecule has 29 heteroatoms. The molecule has 1 saturated heterocycles. The maximum absolute atomic E-state index is 13.6. The second-order valence-corrected chi connectivity index (χ2v) is 20.8. The number of aliphatic carboxylic acids is 3. The average molecular weight is 1130 g/mol. The van der Waals surface area contributed by atoms with E-state index >= 15 is 0 Å². The van der Waals surface area contributed by atoms with Crippen LogP contribution in [-0.2, 0) is 62.3 Å². The highest BCUT2D eigenvalue weighted by atomic mass is 16.4. The molecule has 1 heterocycles. The number of amides is 10. The van der Waals surface area contributed by atoms with Crippen LogP contribution in [0.5, 0.6) is 0 Å². The lowest BCUT2D eigenvalue weighted by Crippen LogP contribution is -2.60. The number of nitrogens with two attached hydrogens (primary N) is 3. The van der Waals surface area contributed by atoms with Crippen molar-refractivity contribution in [2.75, 3.05) is 26.2 Å². The second kappa shape index (κ2) is 35.5. The Hall–Kier alpha value is -7.01. The lowest BCUT2D eigenvalue weighted by Gasteiger charge is -2.30. The Kier molecular flexibility index (Phi) is 31.4. The summed E-state index contributed by atoms with van der Waals surface area (Å²) in [7, 11) is 0. The molecule has 0 saturated carbocycles. The van der Waals surface area contributed by atoms with Crippen LogP contribution in [0.4, 0.5) is 0 Å². The summed E-state index contributed by atoms with van der Waals surface area (Å²) in [5.74, 6) is -13.6. The molecule has 0 unspecified atom stereocenters. The van der Waals surface area contributed by atoms with Crippen molar-refractivity contribution in [2.24, 2.45) is 35.0 Å². The number of carboxylic acid groups (broad SMARTS) is 3. The van der Waals surface area contributed by atoms with Gasteiger partial charge in [0, 0.05) is 13.0 Å². The molecule has 18 N–H and O–H groups in total. The summed E-state index contributed by atoms with van der Waals surface area (Å²) in [4.78, 5) is 170. The van der Waals surface area contributed by atoms with Gasteiger partial charge in [-0.15, -0.1) is 0 Å². The van der Waals surface area contributed by atoms with Crippen LogP contribution in [0.3, 0.4) is 0 Å². The van der Waals surface area contributed by atoms with Crippen LogP contribution in [0.15, 0.2) is 0 Å². The molecule has 10 amide bonds. The van der Waals surface area contributed by atoms with E-state index in [0.717, 1.165) is 0 Å². The quantitative estimate of drug-likeness (QED) is 0.0267. The summed E-state index contributed by atoms with van der Waals surface area (Å²) in [6.45, 7) is 12.4. The number of nitrogens with zero attached hydrogens (tertiary/aromatic N) is 1. The molecule has 1 fully saturated rings. The molecule has 0 radical (unpaired) electrons. The first-order chi connectivity index (χ1) is 36.9. The van der Waals surface area contributed by atoms with Crippen LogP contribution >= 0.6 is 0 Å². The minimum absolute atomic E-state index is 0.0294. The summed E-state index contributed by atoms with van der Waals surface area (Å²) < 4.78 is 0. The number of carbonyl (C=O) groups is 13. The van der Waals surface area contributed by atoms with Crippen molar-refractivity contribution >= 4 is 77.0 Å². The summed E-state index contributed by atoms with van der Waals surface area (Å²) in [6.07, 6.45) is 1.09. The van der Waals surface area contributed by atoms with Crippen LogP contribution in [0, 0.1) is 17.8 Å². The Balaban J connectivity index is 3.09. The van der Waals surface area contributed by atoms with Crippen molar-refractivity contribution in [2.45, 2.75) is 193 Å². The molecule has 0 aromatic carbocycles. The summed E-state index contributed by atoms with van der Waals surface area (Å²) >= 11 is 0. The second-order valence-electron chi connectivity index (χ2n) is 20.8. The first-order valence-electron chi connectivity index (χ1n) is 26.8. The third-order valence-electron chi connectivity index (χ3n) is 12.8. The lowest BCUT2D eigenvalue weighted by molar-refractivity contribution is -0.143. The largest absolute Gasteiger partial charge is 0.481 e. The van der Waals surface area contributed by atoms with Gasteiger partial charge in [-0.05, 0) is 109 Å². The Morgan fingerprint density at radius 1 is 0.532 bits per heavy atom. The first kappa shape index (κ1) is 70.0. The van der Waals surface area contributed by atoms with Gasteiger partial charge in [0.25, 0.3) is 0 Å². The van der Waals surface area contributed by atoms with Gasteiger partial charge in [-0.3, -0.25) is 57.5 Å².